The van der Waals surface area contributed by atoms with Crippen molar-refractivity contribution in [3.05, 3.63) is 29.3 Å². The van der Waals surface area contributed by atoms with Crippen LogP contribution in [0.1, 0.15) is 51.7 Å². The number of rotatable bonds is 6. The normalized spacial score (nSPS) is 17.9. The Balaban J connectivity index is 1.98. The van der Waals surface area contributed by atoms with Crippen molar-refractivity contribution in [1.29, 1.82) is 5.26 Å². The van der Waals surface area contributed by atoms with Gasteiger partial charge in [0.2, 0.25) is 0 Å². The molecule has 2 atom stereocenters. The Hall–Kier alpha value is -1.53. The smallest absolute Gasteiger partial charge is 0.119 e. The second kappa shape index (κ2) is 6.49. The number of nitrogens with one attached hydrogen (secondary N) is 1. The molecule has 0 bridgehead atoms. The van der Waals surface area contributed by atoms with E-state index in [0.717, 1.165) is 12.2 Å². The first-order valence-corrected chi connectivity index (χ1v) is 7.89. The summed E-state index contributed by atoms with van der Waals surface area (Å²) in [5.41, 5.74) is 2.33. The molecular formula is C18H26N2O. The molecule has 0 saturated heterocycles. The first-order chi connectivity index (χ1) is 9.92. The lowest BCUT2D eigenvalue weighted by Gasteiger charge is -2.29. The highest BCUT2D eigenvalue weighted by Crippen LogP contribution is 2.27. The molecule has 0 aromatic heterocycles. The van der Waals surface area contributed by atoms with Crippen molar-refractivity contribution in [2.75, 3.05) is 0 Å². The van der Waals surface area contributed by atoms with Crippen molar-refractivity contribution >= 4 is 0 Å². The predicted octanol–water partition coefficient (Wildman–Crippen LogP) is 3.61. The molecule has 1 aliphatic carbocycles. The maximum absolute atomic E-state index is 9.41. The zero-order chi connectivity index (χ0) is 15.5. The minimum absolute atomic E-state index is 0.000327. The Bertz CT molecular complexity index is 533. The average Bonchev–Trinajstić information content (AvgIpc) is 2.84. The molecule has 3 heteroatoms. The van der Waals surface area contributed by atoms with E-state index in [2.05, 4.69) is 43.4 Å². The van der Waals surface area contributed by atoms with Gasteiger partial charge in [0, 0.05) is 12.5 Å². The van der Waals surface area contributed by atoms with Crippen molar-refractivity contribution < 1.29 is 4.74 Å². The summed E-state index contributed by atoms with van der Waals surface area (Å²) < 4.78 is 6.03. The summed E-state index contributed by atoms with van der Waals surface area (Å²) in [6.07, 6.45) is 4.26. The van der Waals surface area contributed by atoms with Crippen LogP contribution in [-0.2, 0) is 12.8 Å². The summed E-state index contributed by atoms with van der Waals surface area (Å²) >= 11 is 0. The van der Waals surface area contributed by atoms with E-state index in [1.165, 1.54) is 24.0 Å². The molecular weight excluding hydrogens is 260 g/mol. The first kappa shape index (κ1) is 15.9. The maximum Gasteiger partial charge on any atom is 0.119 e. The largest absolute Gasteiger partial charge is 0.491 e. The molecule has 1 aliphatic rings. The van der Waals surface area contributed by atoms with Gasteiger partial charge in [-0.1, -0.05) is 6.07 Å². The monoisotopic (exact) mass is 286 g/mol. The van der Waals surface area contributed by atoms with Crippen LogP contribution >= 0.6 is 0 Å². The average molecular weight is 286 g/mol. The van der Waals surface area contributed by atoms with E-state index in [1.54, 1.807) is 0 Å². The van der Waals surface area contributed by atoms with Crippen molar-refractivity contribution in [1.82, 2.24) is 5.32 Å². The number of fused-ring (bicyclic) bond motifs is 1. The van der Waals surface area contributed by atoms with Gasteiger partial charge >= 0.3 is 0 Å². The van der Waals surface area contributed by atoms with Gasteiger partial charge in [-0.05, 0) is 70.2 Å². The molecule has 0 saturated carbocycles. The summed E-state index contributed by atoms with van der Waals surface area (Å²) in [5.74, 6) is 0.924. The Kier molecular flexibility index (Phi) is 4.90. The van der Waals surface area contributed by atoms with E-state index in [0.29, 0.717) is 6.42 Å². The lowest BCUT2D eigenvalue weighted by molar-refractivity contribution is 0.176. The number of nitriles is 1. The number of nitrogens with zero attached hydrogens (tertiary/aromatic N) is 1. The zero-order valence-corrected chi connectivity index (χ0v) is 13.6. The third-order valence-electron chi connectivity index (χ3n) is 3.96. The molecule has 21 heavy (non-hydrogen) atoms. The fourth-order valence-corrected chi connectivity index (χ4v) is 3.24. The Morgan fingerprint density at radius 1 is 1.29 bits per heavy atom. The van der Waals surface area contributed by atoms with Crippen LogP contribution in [0.3, 0.4) is 0 Å². The minimum Gasteiger partial charge on any atom is -0.491 e. The van der Waals surface area contributed by atoms with E-state index in [9.17, 15) is 5.26 Å². The summed E-state index contributed by atoms with van der Waals surface area (Å²) in [4.78, 5) is 0. The molecule has 0 heterocycles. The van der Waals surface area contributed by atoms with Gasteiger partial charge in [-0.2, -0.15) is 5.26 Å². The molecule has 1 N–H and O–H groups in total. The highest BCUT2D eigenvalue weighted by Gasteiger charge is 2.27. The SMILES string of the molecule is CC(C)NC(C)(C#N)CC(C)Oc1ccc2c(c1)CCC2. The number of ether oxygens (including phenoxy) is 1. The number of hydrogen-bond acceptors (Lipinski definition) is 3. The second-order valence-corrected chi connectivity index (χ2v) is 6.66. The summed E-state index contributed by atoms with van der Waals surface area (Å²) in [6.45, 7) is 8.09. The van der Waals surface area contributed by atoms with E-state index in [-0.39, 0.29) is 12.1 Å². The fraction of sp³-hybridized carbons (Fsp3) is 0.611. The standard InChI is InChI=1S/C18H26N2O/c1-13(2)20-18(4,12-19)11-14(3)21-17-9-8-15-6-5-7-16(15)10-17/h8-10,13-14,20H,5-7,11H2,1-4H3. The molecule has 0 radical (unpaired) electrons. The lowest BCUT2D eigenvalue weighted by atomic mass is 9.95. The number of aryl methyl sites for hydroxylation is 2. The molecule has 1 aromatic rings. The Morgan fingerprint density at radius 3 is 2.67 bits per heavy atom. The topological polar surface area (TPSA) is 45.0 Å². The van der Waals surface area contributed by atoms with Gasteiger partial charge < -0.3 is 4.74 Å². The first-order valence-electron chi connectivity index (χ1n) is 7.89. The zero-order valence-electron chi connectivity index (χ0n) is 13.6. The Morgan fingerprint density at radius 2 is 2.00 bits per heavy atom. The van der Waals surface area contributed by atoms with Crippen molar-refractivity contribution in [3.8, 4) is 11.8 Å². The number of hydrogen-bond donors (Lipinski definition) is 1. The van der Waals surface area contributed by atoms with Gasteiger partial charge in [0.05, 0.1) is 12.2 Å². The van der Waals surface area contributed by atoms with Crippen LogP contribution in [0.5, 0.6) is 5.75 Å². The quantitative estimate of drug-likeness (QED) is 0.869. The molecule has 0 amide bonds. The molecule has 0 aliphatic heterocycles. The van der Waals surface area contributed by atoms with Crippen LogP contribution in [0.15, 0.2) is 18.2 Å². The van der Waals surface area contributed by atoms with Crippen molar-refractivity contribution in [2.24, 2.45) is 0 Å². The molecule has 0 spiro atoms. The third-order valence-corrected chi connectivity index (χ3v) is 3.96. The van der Waals surface area contributed by atoms with Gasteiger partial charge in [0.15, 0.2) is 0 Å². The van der Waals surface area contributed by atoms with E-state index >= 15 is 0 Å². The minimum atomic E-state index is -0.551. The van der Waals surface area contributed by atoms with E-state index in [1.807, 2.05) is 13.8 Å². The van der Waals surface area contributed by atoms with Crippen molar-refractivity contribution in [2.45, 2.75) is 71.1 Å². The van der Waals surface area contributed by atoms with Crippen LogP contribution in [0.4, 0.5) is 0 Å². The van der Waals surface area contributed by atoms with E-state index < -0.39 is 5.54 Å². The lowest BCUT2D eigenvalue weighted by Crippen LogP contribution is -2.47. The van der Waals surface area contributed by atoms with Gasteiger partial charge in [-0.15, -0.1) is 0 Å². The van der Waals surface area contributed by atoms with Crippen LogP contribution in [0, 0.1) is 11.3 Å². The third kappa shape index (κ3) is 4.22. The summed E-state index contributed by atoms with van der Waals surface area (Å²) in [5, 5.41) is 12.7. The fourth-order valence-electron chi connectivity index (χ4n) is 3.24. The highest BCUT2D eigenvalue weighted by molar-refractivity contribution is 5.38. The molecule has 2 unspecified atom stereocenters. The molecule has 114 valence electrons. The predicted molar refractivity (Wildman–Crippen MR) is 85.5 cm³/mol. The van der Waals surface area contributed by atoms with Crippen LogP contribution in [0.25, 0.3) is 0 Å². The molecule has 3 nitrogen and oxygen atoms in total. The summed E-state index contributed by atoms with van der Waals surface area (Å²) in [6, 6.07) is 9.06. The summed E-state index contributed by atoms with van der Waals surface area (Å²) in [7, 11) is 0. The van der Waals surface area contributed by atoms with Crippen LogP contribution in [0.2, 0.25) is 0 Å². The molecule has 0 fully saturated rings. The van der Waals surface area contributed by atoms with Crippen LogP contribution < -0.4 is 10.1 Å². The maximum atomic E-state index is 9.41. The van der Waals surface area contributed by atoms with Gasteiger partial charge in [0.25, 0.3) is 0 Å². The van der Waals surface area contributed by atoms with Gasteiger partial charge in [-0.25, -0.2) is 0 Å². The molecule has 2 rings (SSSR count). The number of benzene rings is 1. The van der Waals surface area contributed by atoms with Gasteiger partial charge in [0.1, 0.15) is 11.3 Å². The molecule has 1 aromatic carbocycles. The van der Waals surface area contributed by atoms with Gasteiger partial charge in [-0.3, -0.25) is 5.32 Å². The van der Waals surface area contributed by atoms with E-state index in [4.69, 9.17) is 4.74 Å². The second-order valence-electron chi connectivity index (χ2n) is 6.66. The highest BCUT2D eigenvalue weighted by atomic mass is 16.5. The Labute approximate surface area is 128 Å². The van der Waals surface area contributed by atoms with Crippen molar-refractivity contribution in [3.63, 3.8) is 0 Å². The van der Waals surface area contributed by atoms with Crippen LogP contribution in [-0.4, -0.2) is 17.7 Å².